The Balaban J connectivity index is 1.90. The molecule has 0 radical (unpaired) electrons. The van der Waals surface area contributed by atoms with Crippen LogP contribution < -0.4 is 5.32 Å². The second kappa shape index (κ2) is 5.62. The van der Waals surface area contributed by atoms with Gasteiger partial charge in [0.2, 0.25) is 0 Å². The van der Waals surface area contributed by atoms with Crippen LogP contribution in [0.2, 0.25) is 5.15 Å². The average Bonchev–Trinajstić information content (AvgIpc) is 2.32. The van der Waals surface area contributed by atoms with Crippen molar-refractivity contribution >= 4 is 11.6 Å². The van der Waals surface area contributed by atoms with Crippen LogP contribution in [0, 0.1) is 6.92 Å². The van der Waals surface area contributed by atoms with Gasteiger partial charge in [-0.1, -0.05) is 17.7 Å². The molecular weight excluding hydrogens is 224 g/mol. The molecule has 0 saturated carbocycles. The molecule has 0 bridgehead atoms. The molecule has 1 aromatic rings. The van der Waals surface area contributed by atoms with Gasteiger partial charge in [0.1, 0.15) is 5.15 Å². The minimum Gasteiger partial charge on any atom is -0.371 e. The number of hydrogen-bond donors (Lipinski definition) is 1. The van der Waals surface area contributed by atoms with Gasteiger partial charge in [-0.3, -0.25) is 0 Å². The Bertz CT molecular complexity index is 351. The molecule has 1 N–H and O–H groups in total. The molecule has 1 aliphatic heterocycles. The molecule has 88 valence electrons. The van der Waals surface area contributed by atoms with Crippen molar-refractivity contribution in [3.8, 4) is 0 Å². The quantitative estimate of drug-likeness (QED) is 0.824. The standard InChI is InChI=1S/C12H17ClN2O/c1-9-4-5-12(13)15-11(9)8-16-10-3-2-6-14-7-10/h4-5,10,14H,2-3,6-8H2,1H3/t10-/m0/s1. The van der Waals surface area contributed by atoms with Gasteiger partial charge in [0.25, 0.3) is 0 Å². The lowest BCUT2D eigenvalue weighted by molar-refractivity contribution is 0.0234. The summed E-state index contributed by atoms with van der Waals surface area (Å²) in [5, 5.41) is 3.86. The molecule has 0 unspecified atom stereocenters. The van der Waals surface area contributed by atoms with Crippen LogP contribution in [0.15, 0.2) is 12.1 Å². The van der Waals surface area contributed by atoms with Gasteiger partial charge in [-0.05, 0) is 37.9 Å². The first-order valence-corrected chi connectivity index (χ1v) is 6.08. The number of nitrogens with one attached hydrogen (secondary N) is 1. The lowest BCUT2D eigenvalue weighted by Gasteiger charge is -2.23. The van der Waals surface area contributed by atoms with E-state index in [9.17, 15) is 0 Å². The minimum absolute atomic E-state index is 0.314. The summed E-state index contributed by atoms with van der Waals surface area (Å²) in [7, 11) is 0. The van der Waals surface area contributed by atoms with Crippen molar-refractivity contribution in [1.82, 2.24) is 10.3 Å². The van der Waals surface area contributed by atoms with Crippen LogP contribution in [0.25, 0.3) is 0 Å². The molecule has 0 aliphatic carbocycles. The van der Waals surface area contributed by atoms with E-state index in [1.807, 2.05) is 19.1 Å². The Kier molecular flexibility index (Phi) is 4.16. The second-order valence-electron chi connectivity index (χ2n) is 4.18. The number of ether oxygens (including phenoxy) is 1. The predicted octanol–water partition coefficient (Wildman–Crippen LogP) is 2.31. The molecule has 3 nitrogen and oxygen atoms in total. The van der Waals surface area contributed by atoms with Crippen LogP contribution in [-0.2, 0) is 11.3 Å². The van der Waals surface area contributed by atoms with Gasteiger partial charge in [0, 0.05) is 6.54 Å². The maximum atomic E-state index is 5.86. The lowest BCUT2D eigenvalue weighted by Crippen LogP contribution is -2.35. The first kappa shape index (κ1) is 11.8. The fraction of sp³-hybridized carbons (Fsp3) is 0.583. The fourth-order valence-corrected chi connectivity index (χ4v) is 2.01. The zero-order valence-electron chi connectivity index (χ0n) is 9.50. The Morgan fingerprint density at radius 1 is 1.56 bits per heavy atom. The molecule has 1 aromatic heterocycles. The van der Waals surface area contributed by atoms with Crippen molar-refractivity contribution in [2.45, 2.75) is 32.5 Å². The largest absolute Gasteiger partial charge is 0.371 e. The van der Waals surface area contributed by atoms with Crippen molar-refractivity contribution in [3.05, 3.63) is 28.5 Å². The van der Waals surface area contributed by atoms with E-state index in [4.69, 9.17) is 16.3 Å². The number of rotatable bonds is 3. The summed E-state index contributed by atoms with van der Waals surface area (Å²) in [6.45, 7) is 4.63. The van der Waals surface area contributed by atoms with Crippen molar-refractivity contribution in [2.75, 3.05) is 13.1 Å². The molecule has 1 fully saturated rings. The Morgan fingerprint density at radius 2 is 2.44 bits per heavy atom. The molecule has 0 spiro atoms. The van der Waals surface area contributed by atoms with E-state index in [-0.39, 0.29) is 0 Å². The van der Waals surface area contributed by atoms with E-state index in [0.717, 1.165) is 30.8 Å². The molecule has 0 aromatic carbocycles. The summed E-state index contributed by atoms with van der Waals surface area (Å²) < 4.78 is 5.82. The number of pyridine rings is 1. The normalized spacial score (nSPS) is 21.0. The van der Waals surface area contributed by atoms with Gasteiger partial charge in [0.15, 0.2) is 0 Å². The predicted molar refractivity (Wildman–Crippen MR) is 64.7 cm³/mol. The van der Waals surface area contributed by atoms with Crippen molar-refractivity contribution in [1.29, 1.82) is 0 Å². The van der Waals surface area contributed by atoms with E-state index in [1.165, 1.54) is 6.42 Å². The third-order valence-corrected chi connectivity index (χ3v) is 3.09. The molecule has 2 rings (SSSR count). The van der Waals surface area contributed by atoms with E-state index in [1.54, 1.807) is 0 Å². The summed E-state index contributed by atoms with van der Waals surface area (Å²) in [6, 6.07) is 3.79. The van der Waals surface area contributed by atoms with Crippen molar-refractivity contribution in [2.24, 2.45) is 0 Å². The van der Waals surface area contributed by atoms with Crippen molar-refractivity contribution < 1.29 is 4.74 Å². The van der Waals surface area contributed by atoms with E-state index in [0.29, 0.717) is 17.9 Å². The van der Waals surface area contributed by atoms with Gasteiger partial charge < -0.3 is 10.1 Å². The number of aryl methyl sites for hydroxylation is 1. The van der Waals surface area contributed by atoms with Gasteiger partial charge in [-0.15, -0.1) is 0 Å². The van der Waals surface area contributed by atoms with Gasteiger partial charge in [0.05, 0.1) is 18.4 Å². The Labute approximate surface area is 101 Å². The highest BCUT2D eigenvalue weighted by molar-refractivity contribution is 6.29. The summed E-state index contributed by atoms with van der Waals surface area (Å²) in [5.74, 6) is 0. The average molecular weight is 241 g/mol. The van der Waals surface area contributed by atoms with Crippen LogP contribution in [0.5, 0.6) is 0 Å². The van der Waals surface area contributed by atoms with E-state index >= 15 is 0 Å². The zero-order chi connectivity index (χ0) is 11.4. The molecule has 1 saturated heterocycles. The third kappa shape index (κ3) is 3.17. The van der Waals surface area contributed by atoms with Crippen LogP contribution >= 0.6 is 11.6 Å². The Morgan fingerprint density at radius 3 is 3.19 bits per heavy atom. The van der Waals surface area contributed by atoms with Crippen molar-refractivity contribution in [3.63, 3.8) is 0 Å². The summed E-state index contributed by atoms with van der Waals surface area (Å²) in [4.78, 5) is 4.28. The summed E-state index contributed by atoms with van der Waals surface area (Å²) in [5.41, 5.74) is 2.08. The summed E-state index contributed by atoms with van der Waals surface area (Å²) >= 11 is 5.86. The van der Waals surface area contributed by atoms with Crippen LogP contribution in [-0.4, -0.2) is 24.2 Å². The maximum absolute atomic E-state index is 5.86. The smallest absolute Gasteiger partial charge is 0.129 e. The Hall–Kier alpha value is -0.640. The number of halogens is 1. The van der Waals surface area contributed by atoms with E-state index in [2.05, 4.69) is 10.3 Å². The highest BCUT2D eigenvalue weighted by atomic mass is 35.5. The van der Waals surface area contributed by atoms with Crippen LogP contribution in [0.4, 0.5) is 0 Å². The highest BCUT2D eigenvalue weighted by Crippen LogP contribution is 2.14. The molecule has 2 heterocycles. The molecular formula is C12H17ClN2O. The zero-order valence-corrected chi connectivity index (χ0v) is 10.3. The van der Waals surface area contributed by atoms with Crippen LogP contribution in [0.1, 0.15) is 24.1 Å². The first-order chi connectivity index (χ1) is 7.75. The fourth-order valence-electron chi connectivity index (χ4n) is 1.85. The highest BCUT2D eigenvalue weighted by Gasteiger charge is 2.13. The third-order valence-electron chi connectivity index (χ3n) is 2.88. The molecule has 0 amide bonds. The number of aromatic nitrogens is 1. The summed E-state index contributed by atoms with van der Waals surface area (Å²) in [6.07, 6.45) is 2.63. The molecule has 4 heteroatoms. The number of nitrogens with zero attached hydrogens (tertiary/aromatic N) is 1. The maximum Gasteiger partial charge on any atom is 0.129 e. The first-order valence-electron chi connectivity index (χ1n) is 5.70. The van der Waals surface area contributed by atoms with Gasteiger partial charge in [-0.2, -0.15) is 0 Å². The molecule has 16 heavy (non-hydrogen) atoms. The van der Waals surface area contributed by atoms with Gasteiger partial charge >= 0.3 is 0 Å². The van der Waals surface area contributed by atoms with E-state index < -0.39 is 0 Å². The lowest BCUT2D eigenvalue weighted by atomic mass is 10.1. The monoisotopic (exact) mass is 240 g/mol. The van der Waals surface area contributed by atoms with Crippen LogP contribution in [0.3, 0.4) is 0 Å². The van der Waals surface area contributed by atoms with Gasteiger partial charge in [-0.25, -0.2) is 4.98 Å². The minimum atomic E-state index is 0.314. The molecule has 1 atom stereocenters. The number of piperidine rings is 1. The second-order valence-corrected chi connectivity index (χ2v) is 4.56. The topological polar surface area (TPSA) is 34.1 Å². The SMILES string of the molecule is Cc1ccc(Cl)nc1CO[C@H]1CCCNC1. The number of hydrogen-bond acceptors (Lipinski definition) is 3. The molecule has 1 aliphatic rings.